The summed E-state index contributed by atoms with van der Waals surface area (Å²) in [5.74, 6) is 0.408. The van der Waals surface area contributed by atoms with E-state index in [0.717, 1.165) is 5.56 Å². The molecular formula is C12H15N5O. The Kier molecular flexibility index (Phi) is 3.69. The van der Waals surface area contributed by atoms with Gasteiger partial charge < -0.3 is 11.1 Å². The van der Waals surface area contributed by atoms with Gasteiger partial charge in [0.05, 0.1) is 0 Å². The van der Waals surface area contributed by atoms with Gasteiger partial charge in [-0.2, -0.15) is 0 Å². The Balaban J connectivity index is 1.90. The quantitative estimate of drug-likeness (QED) is 0.732. The number of rotatable bonds is 4. The van der Waals surface area contributed by atoms with E-state index < -0.39 is 0 Å². The van der Waals surface area contributed by atoms with Crippen LogP contribution in [0.2, 0.25) is 0 Å². The molecule has 0 saturated heterocycles. The third kappa shape index (κ3) is 2.92. The Labute approximate surface area is 105 Å². The first-order valence-electron chi connectivity index (χ1n) is 5.64. The molecule has 0 saturated carbocycles. The molecule has 0 spiro atoms. The van der Waals surface area contributed by atoms with E-state index in [1.165, 1.54) is 0 Å². The Morgan fingerprint density at radius 2 is 2.17 bits per heavy atom. The second kappa shape index (κ2) is 5.42. The minimum Gasteiger partial charge on any atom is -0.347 e. The highest BCUT2D eigenvalue weighted by molar-refractivity contribution is 5.90. The lowest BCUT2D eigenvalue weighted by Crippen LogP contribution is -2.32. The molecular weight excluding hydrogens is 230 g/mol. The van der Waals surface area contributed by atoms with Gasteiger partial charge in [-0.25, -0.2) is 4.98 Å². The van der Waals surface area contributed by atoms with Crippen LogP contribution in [0.25, 0.3) is 0 Å². The second-order valence-electron chi connectivity index (χ2n) is 3.97. The molecule has 0 aliphatic carbocycles. The van der Waals surface area contributed by atoms with Gasteiger partial charge in [0.25, 0.3) is 5.91 Å². The van der Waals surface area contributed by atoms with E-state index >= 15 is 0 Å². The monoisotopic (exact) mass is 245 g/mol. The molecule has 0 fully saturated rings. The van der Waals surface area contributed by atoms with Crippen LogP contribution in [0.5, 0.6) is 0 Å². The lowest BCUT2D eigenvalue weighted by molar-refractivity contribution is 0.0941. The number of hydrogen-bond donors (Lipinski definition) is 3. The zero-order chi connectivity index (χ0) is 13.0. The number of benzene rings is 1. The van der Waals surface area contributed by atoms with E-state index in [9.17, 15) is 4.79 Å². The first kappa shape index (κ1) is 12.3. The predicted molar refractivity (Wildman–Crippen MR) is 66.8 cm³/mol. The van der Waals surface area contributed by atoms with Gasteiger partial charge in [0.15, 0.2) is 0 Å². The molecule has 1 heterocycles. The summed E-state index contributed by atoms with van der Waals surface area (Å²) in [7, 11) is 0. The lowest BCUT2D eigenvalue weighted by Gasteiger charge is -2.12. The molecule has 6 heteroatoms. The average molecular weight is 245 g/mol. The van der Waals surface area contributed by atoms with Crippen molar-refractivity contribution in [2.75, 3.05) is 6.54 Å². The van der Waals surface area contributed by atoms with Crippen molar-refractivity contribution in [1.82, 2.24) is 20.5 Å². The van der Waals surface area contributed by atoms with Crippen molar-refractivity contribution in [3.05, 3.63) is 47.5 Å². The van der Waals surface area contributed by atoms with Crippen LogP contribution in [0.3, 0.4) is 0 Å². The molecule has 18 heavy (non-hydrogen) atoms. The largest absolute Gasteiger partial charge is 0.347 e. The smallest absolute Gasteiger partial charge is 0.291 e. The number of nitrogens with one attached hydrogen (secondary N) is 2. The van der Waals surface area contributed by atoms with Gasteiger partial charge in [0.1, 0.15) is 5.82 Å². The number of aromatic amines is 1. The van der Waals surface area contributed by atoms with Gasteiger partial charge in [-0.05, 0) is 12.5 Å². The summed E-state index contributed by atoms with van der Waals surface area (Å²) in [6, 6.07) is 9.35. The van der Waals surface area contributed by atoms with Crippen molar-refractivity contribution in [3.8, 4) is 0 Å². The molecule has 0 aliphatic rings. The van der Waals surface area contributed by atoms with Gasteiger partial charge in [-0.3, -0.25) is 9.89 Å². The molecule has 0 aliphatic heterocycles. The normalized spacial score (nSPS) is 12.1. The number of aryl methyl sites for hydroxylation is 1. The number of hydrogen-bond acceptors (Lipinski definition) is 4. The minimum absolute atomic E-state index is 0.132. The maximum absolute atomic E-state index is 11.7. The SMILES string of the molecule is Cc1nc(C(=O)NCC(N)c2ccccc2)n[nH]1. The Hall–Kier alpha value is -2.21. The van der Waals surface area contributed by atoms with Crippen molar-refractivity contribution in [1.29, 1.82) is 0 Å². The summed E-state index contributed by atoms with van der Waals surface area (Å²) >= 11 is 0. The van der Waals surface area contributed by atoms with Crippen LogP contribution in [0.1, 0.15) is 28.0 Å². The summed E-state index contributed by atoms with van der Waals surface area (Å²) < 4.78 is 0. The second-order valence-corrected chi connectivity index (χ2v) is 3.97. The molecule has 1 aromatic heterocycles. The molecule has 2 rings (SSSR count). The highest BCUT2D eigenvalue weighted by atomic mass is 16.2. The van der Waals surface area contributed by atoms with E-state index in [1.807, 2.05) is 30.3 Å². The Morgan fingerprint density at radius 3 is 2.78 bits per heavy atom. The number of H-pyrrole nitrogens is 1. The topological polar surface area (TPSA) is 96.7 Å². The molecule has 2 aromatic rings. The molecule has 1 aromatic carbocycles. The summed E-state index contributed by atoms with van der Waals surface area (Å²) in [4.78, 5) is 15.6. The van der Waals surface area contributed by atoms with Crippen molar-refractivity contribution in [2.45, 2.75) is 13.0 Å². The Bertz CT molecular complexity index is 522. The van der Waals surface area contributed by atoms with Gasteiger partial charge in [-0.1, -0.05) is 30.3 Å². The fourth-order valence-corrected chi connectivity index (χ4v) is 1.54. The molecule has 1 unspecified atom stereocenters. The van der Waals surface area contributed by atoms with Gasteiger partial charge in [0, 0.05) is 12.6 Å². The van der Waals surface area contributed by atoms with E-state index in [0.29, 0.717) is 12.4 Å². The maximum Gasteiger partial charge on any atom is 0.291 e. The summed E-state index contributed by atoms with van der Waals surface area (Å²) in [5.41, 5.74) is 6.94. The number of carbonyl (C=O) groups excluding carboxylic acids is 1. The van der Waals surface area contributed by atoms with E-state index in [2.05, 4.69) is 20.5 Å². The molecule has 1 atom stereocenters. The molecule has 4 N–H and O–H groups in total. The van der Waals surface area contributed by atoms with Crippen LogP contribution < -0.4 is 11.1 Å². The van der Waals surface area contributed by atoms with Crippen molar-refractivity contribution < 1.29 is 4.79 Å². The molecule has 94 valence electrons. The molecule has 0 radical (unpaired) electrons. The molecule has 0 bridgehead atoms. The van der Waals surface area contributed by atoms with Crippen LogP contribution in [-0.2, 0) is 0 Å². The Morgan fingerprint density at radius 1 is 1.44 bits per heavy atom. The first-order chi connectivity index (χ1) is 8.66. The van der Waals surface area contributed by atoms with Crippen LogP contribution in [-0.4, -0.2) is 27.6 Å². The van der Waals surface area contributed by atoms with Gasteiger partial charge in [0.2, 0.25) is 5.82 Å². The van der Waals surface area contributed by atoms with Crippen molar-refractivity contribution in [2.24, 2.45) is 5.73 Å². The number of aromatic nitrogens is 3. The van der Waals surface area contributed by atoms with E-state index in [4.69, 9.17) is 5.73 Å². The third-order valence-electron chi connectivity index (χ3n) is 2.51. The predicted octanol–water partition coefficient (Wildman–Crippen LogP) is 0.543. The van der Waals surface area contributed by atoms with E-state index in [-0.39, 0.29) is 17.8 Å². The average Bonchev–Trinajstić information content (AvgIpc) is 2.83. The van der Waals surface area contributed by atoms with Crippen LogP contribution >= 0.6 is 0 Å². The van der Waals surface area contributed by atoms with Gasteiger partial charge >= 0.3 is 0 Å². The number of nitrogens with zero attached hydrogens (tertiary/aromatic N) is 2. The van der Waals surface area contributed by atoms with Crippen molar-refractivity contribution in [3.63, 3.8) is 0 Å². The highest BCUT2D eigenvalue weighted by Gasteiger charge is 2.12. The van der Waals surface area contributed by atoms with Crippen molar-refractivity contribution >= 4 is 5.91 Å². The minimum atomic E-state index is -0.328. The highest BCUT2D eigenvalue weighted by Crippen LogP contribution is 2.07. The summed E-state index contributed by atoms with van der Waals surface area (Å²) in [6.07, 6.45) is 0. The van der Waals surface area contributed by atoms with Crippen LogP contribution in [0.15, 0.2) is 30.3 Å². The fraction of sp³-hybridized carbons (Fsp3) is 0.250. The maximum atomic E-state index is 11.7. The number of amides is 1. The standard InChI is InChI=1S/C12H15N5O/c1-8-15-11(17-16-8)12(18)14-7-10(13)9-5-3-2-4-6-9/h2-6,10H,7,13H2,1H3,(H,14,18)(H,15,16,17). The molecule has 6 nitrogen and oxygen atoms in total. The van der Waals surface area contributed by atoms with Crippen LogP contribution in [0.4, 0.5) is 0 Å². The van der Waals surface area contributed by atoms with Gasteiger partial charge in [-0.15, -0.1) is 5.10 Å². The summed E-state index contributed by atoms with van der Waals surface area (Å²) in [6.45, 7) is 2.08. The lowest BCUT2D eigenvalue weighted by atomic mass is 10.1. The zero-order valence-corrected chi connectivity index (χ0v) is 10.1. The third-order valence-corrected chi connectivity index (χ3v) is 2.51. The number of carbonyl (C=O) groups is 1. The zero-order valence-electron chi connectivity index (χ0n) is 10.1. The summed E-state index contributed by atoms with van der Waals surface area (Å²) in [5, 5.41) is 9.09. The van der Waals surface area contributed by atoms with E-state index in [1.54, 1.807) is 6.92 Å². The fourth-order valence-electron chi connectivity index (χ4n) is 1.54. The number of nitrogens with two attached hydrogens (primary N) is 1. The van der Waals surface area contributed by atoms with Crippen LogP contribution in [0, 0.1) is 6.92 Å². The molecule has 1 amide bonds. The first-order valence-corrected chi connectivity index (χ1v) is 5.64.